The number of rotatable bonds is 5. The van der Waals surface area contributed by atoms with E-state index in [0.29, 0.717) is 17.5 Å². The number of ether oxygens (including phenoxy) is 2. The second kappa shape index (κ2) is 6.79. The molecule has 0 saturated carbocycles. The summed E-state index contributed by atoms with van der Waals surface area (Å²) in [7, 11) is 0. The van der Waals surface area contributed by atoms with Gasteiger partial charge in [-0.15, -0.1) is 0 Å². The van der Waals surface area contributed by atoms with Gasteiger partial charge in [0.1, 0.15) is 0 Å². The first-order chi connectivity index (χ1) is 12.2. The van der Waals surface area contributed by atoms with E-state index in [1.807, 2.05) is 18.2 Å². The van der Waals surface area contributed by atoms with Gasteiger partial charge in [0.05, 0.1) is 11.4 Å². The Morgan fingerprint density at radius 1 is 1.28 bits per heavy atom. The Morgan fingerprint density at radius 3 is 3.08 bits per heavy atom. The number of aryl methyl sites for hydroxylation is 1. The van der Waals surface area contributed by atoms with E-state index in [-0.39, 0.29) is 24.0 Å². The second-order valence-corrected chi connectivity index (χ2v) is 6.87. The SMILES string of the molecule is O=C(CSc1nc2c(c(=O)[nH]1)CCC2)NCc1ccc2c(c1)OCO2. The van der Waals surface area contributed by atoms with Crippen LogP contribution in [0.1, 0.15) is 23.2 Å². The molecule has 8 heteroatoms. The zero-order valence-electron chi connectivity index (χ0n) is 13.5. The molecule has 1 aromatic heterocycles. The van der Waals surface area contributed by atoms with Crippen LogP contribution in [-0.2, 0) is 24.2 Å². The average Bonchev–Trinajstić information content (AvgIpc) is 3.26. The maximum atomic E-state index is 12.0. The minimum absolute atomic E-state index is 0.0780. The van der Waals surface area contributed by atoms with Crippen LogP contribution in [0.4, 0.5) is 0 Å². The molecule has 7 nitrogen and oxygen atoms in total. The molecule has 130 valence electrons. The van der Waals surface area contributed by atoms with Crippen LogP contribution in [0.25, 0.3) is 0 Å². The largest absolute Gasteiger partial charge is 0.454 e. The lowest BCUT2D eigenvalue weighted by Crippen LogP contribution is -2.25. The van der Waals surface area contributed by atoms with Gasteiger partial charge >= 0.3 is 0 Å². The van der Waals surface area contributed by atoms with Gasteiger partial charge in [-0.05, 0) is 37.0 Å². The Labute approximate surface area is 148 Å². The highest BCUT2D eigenvalue weighted by molar-refractivity contribution is 7.99. The van der Waals surface area contributed by atoms with Gasteiger partial charge in [-0.25, -0.2) is 4.98 Å². The molecule has 2 aliphatic rings. The minimum atomic E-state index is -0.120. The van der Waals surface area contributed by atoms with E-state index in [9.17, 15) is 9.59 Å². The molecular weight excluding hydrogens is 342 g/mol. The topological polar surface area (TPSA) is 93.3 Å². The number of nitrogens with zero attached hydrogens (tertiary/aromatic N) is 1. The molecule has 0 fully saturated rings. The van der Waals surface area contributed by atoms with Crippen molar-refractivity contribution in [3.63, 3.8) is 0 Å². The normalized spacial score (nSPS) is 14.4. The van der Waals surface area contributed by atoms with Crippen molar-refractivity contribution in [2.24, 2.45) is 0 Å². The van der Waals surface area contributed by atoms with E-state index in [0.717, 1.165) is 41.8 Å². The molecule has 1 aliphatic carbocycles. The van der Waals surface area contributed by atoms with E-state index in [1.165, 1.54) is 11.8 Å². The van der Waals surface area contributed by atoms with E-state index < -0.39 is 0 Å². The Morgan fingerprint density at radius 2 is 2.16 bits per heavy atom. The van der Waals surface area contributed by atoms with Crippen molar-refractivity contribution in [2.45, 2.75) is 31.0 Å². The molecule has 2 heterocycles. The summed E-state index contributed by atoms with van der Waals surface area (Å²) in [5, 5.41) is 3.35. The third-order valence-corrected chi connectivity index (χ3v) is 5.06. The van der Waals surface area contributed by atoms with Gasteiger partial charge in [-0.3, -0.25) is 9.59 Å². The summed E-state index contributed by atoms with van der Waals surface area (Å²) in [5.74, 6) is 1.50. The standard InChI is InChI=1S/C17H17N3O4S/c21-15(18-7-10-4-5-13-14(6-10)24-9-23-13)8-25-17-19-12-3-1-2-11(12)16(22)20-17/h4-6H,1-3,7-9H2,(H,18,21)(H,19,20,22). The molecule has 0 unspecified atom stereocenters. The summed E-state index contributed by atoms with van der Waals surface area (Å²) in [6.45, 7) is 0.637. The fraction of sp³-hybridized carbons (Fsp3) is 0.353. The fourth-order valence-electron chi connectivity index (χ4n) is 2.92. The van der Waals surface area contributed by atoms with Crippen molar-refractivity contribution >= 4 is 17.7 Å². The number of nitrogens with one attached hydrogen (secondary N) is 2. The summed E-state index contributed by atoms with van der Waals surface area (Å²) in [6, 6.07) is 5.58. The predicted octanol–water partition coefficient (Wildman–Crippen LogP) is 1.40. The molecule has 1 aliphatic heterocycles. The molecule has 1 aromatic carbocycles. The van der Waals surface area contributed by atoms with Crippen LogP contribution in [0, 0.1) is 0 Å². The number of aromatic nitrogens is 2. The van der Waals surface area contributed by atoms with Gasteiger partial charge in [0, 0.05) is 12.1 Å². The highest BCUT2D eigenvalue weighted by atomic mass is 32.2. The monoisotopic (exact) mass is 359 g/mol. The van der Waals surface area contributed by atoms with Crippen LogP contribution < -0.4 is 20.3 Å². The second-order valence-electron chi connectivity index (χ2n) is 5.90. The maximum Gasteiger partial charge on any atom is 0.254 e. The number of benzene rings is 1. The van der Waals surface area contributed by atoms with Crippen molar-refractivity contribution in [3.8, 4) is 11.5 Å². The van der Waals surface area contributed by atoms with Crippen LogP contribution in [0.15, 0.2) is 28.2 Å². The van der Waals surface area contributed by atoms with Crippen molar-refractivity contribution in [1.29, 1.82) is 0 Å². The molecule has 2 aromatic rings. The number of H-pyrrole nitrogens is 1. The number of carbonyl (C=O) groups excluding carboxylic acids is 1. The Bertz CT molecular complexity index is 881. The molecule has 1 amide bonds. The summed E-state index contributed by atoms with van der Waals surface area (Å²) >= 11 is 1.24. The lowest BCUT2D eigenvalue weighted by molar-refractivity contribution is -0.118. The van der Waals surface area contributed by atoms with Crippen molar-refractivity contribution < 1.29 is 14.3 Å². The Kier molecular flexibility index (Phi) is 4.35. The van der Waals surface area contributed by atoms with E-state index in [4.69, 9.17) is 9.47 Å². The van der Waals surface area contributed by atoms with Gasteiger partial charge in [0.25, 0.3) is 5.56 Å². The van der Waals surface area contributed by atoms with Crippen molar-refractivity contribution in [2.75, 3.05) is 12.5 Å². The van der Waals surface area contributed by atoms with Gasteiger partial charge in [-0.1, -0.05) is 17.8 Å². The third-order valence-electron chi connectivity index (χ3n) is 4.19. The van der Waals surface area contributed by atoms with E-state index in [2.05, 4.69) is 15.3 Å². The number of hydrogen-bond donors (Lipinski definition) is 2. The number of carbonyl (C=O) groups is 1. The smallest absolute Gasteiger partial charge is 0.254 e. The molecular formula is C17H17N3O4S. The van der Waals surface area contributed by atoms with Gasteiger partial charge in [0.2, 0.25) is 12.7 Å². The number of amides is 1. The van der Waals surface area contributed by atoms with Gasteiger partial charge in [-0.2, -0.15) is 0 Å². The molecule has 0 spiro atoms. The summed E-state index contributed by atoms with van der Waals surface area (Å²) in [6.07, 6.45) is 2.59. The van der Waals surface area contributed by atoms with Gasteiger partial charge in [0.15, 0.2) is 16.7 Å². The lowest BCUT2D eigenvalue weighted by Gasteiger charge is -2.07. The third kappa shape index (κ3) is 3.48. The maximum absolute atomic E-state index is 12.0. The zero-order valence-corrected chi connectivity index (χ0v) is 14.3. The molecule has 0 radical (unpaired) electrons. The number of thioether (sulfide) groups is 1. The predicted molar refractivity (Wildman–Crippen MR) is 92.0 cm³/mol. The average molecular weight is 359 g/mol. The first kappa shape index (κ1) is 16.0. The molecule has 0 saturated heterocycles. The van der Waals surface area contributed by atoms with Crippen LogP contribution in [-0.4, -0.2) is 28.4 Å². The zero-order chi connectivity index (χ0) is 17.2. The molecule has 2 N–H and O–H groups in total. The molecule has 4 rings (SSSR count). The van der Waals surface area contributed by atoms with Crippen LogP contribution in [0.2, 0.25) is 0 Å². The van der Waals surface area contributed by atoms with Crippen LogP contribution in [0.3, 0.4) is 0 Å². The van der Waals surface area contributed by atoms with E-state index in [1.54, 1.807) is 0 Å². The summed E-state index contributed by atoms with van der Waals surface area (Å²) < 4.78 is 10.6. The van der Waals surface area contributed by atoms with Gasteiger partial charge < -0.3 is 19.8 Å². The lowest BCUT2D eigenvalue weighted by atomic mass is 10.2. The number of fused-ring (bicyclic) bond motifs is 2. The number of hydrogen-bond acceptors (Lipinski definition) is 6. The van der Waals surface area contributed by atoms with Crippen LogP contribution in [0.5, 0.6) is 11.5 Å². The number of aromatic amines is 1. The Balaban J connectivity index is 1.31. The molecule has 0 atom stereocenters. The van der Waals surface area contributed by atoms with Crippen molar-refractivity contribution in [1.82, 2.24) is 15.3 Å². The highest BCUT2D eigenvalue weighted by Gasteiger charge is 2.18. The van der Waals surface area contributed by atoms with E-state index >= 15 is 0 Å². The molecule has 25 heavy (non-hydrogen) atoms. The molecule has 0 bridgehead atoms. The van der Waals surface area contributed by atoms with Crippen molar-refractivity contribution in [3.05, 3.63) is 45.4 Å². The summed E-state index contributed by atoms with van der Waals surface area (Å²) in [4.78, 5) is 31.2. The Hall–Kier alpha value is -2.48. The van der Waals surface area contributed by atoms with Crippen LogP contribution >= 0.6 is 11.8 Å². The first-order valence-corrected chi connectivity index (χ1v) is 9.08. The minimum Gasteiger partial charge on any atom is -0.454 e. The fourth-order valence-corrected chi connectivity index (χ4v) is 3.63. The quantitative estimate of drug-likeness (QED) is 0.619. The first-order valence-electron chi connectivity index (χ1n) is 8.09. The summed E-state index contributed by atoms with van der Waals surface area (Å²) in [5.41, 5.74) is 2.51. The highest BCUT2D eigenvalue weighted by Crippen LogP contribution is 2.32.